The summed E-state index contributed by atoms with van der Waals surface area (Å²) in [6.45, 7) is 12.1. The summed E-state index contributed by atoms with van der Waals surface area (Å²) in [4.78, 5) is 48.7. The predicted octanol–water partition coefficient (Wildman–Crippen LogP) is 3.95. The molecular formula is C26H39NO9. The maximum Gasteiger partial charge on any atom is 0.508 e. The second-order valence-electron chi connectivity index (χ2n) is 8.70. The van der Waals surface area contributed by atoms with Crippen LogP contribution in [0.2, 0.25) is 0 Å². The molecule has 0 radical (unpaired) electrons. The van der Waals surface area contributed by atoms with E-state index in [-0.39, 0.29) is 36.4 Å². The Bertz CT molecular complexity index is 901. The Hall–Kier alpha value is -3.14. The number of carbonyl (C=O) groups is 4. The van der Waals surface area contributed by atoms with Crippen LogP contribution in [-0.2, 0) is 35.0 Å². The summed E-state index contributed by atoms with van der Waals surface area (Å²) in [7, 11) is 0. The number of hydrogen-bond donors (Lipinski definition) is 1. The number of ether oxygens (including phenoxy) is 5. The van der Waals surface area contributed by atoms with Crippen LogP contribution in [0.3, 0.4) is 0 Å². The van der Waals surface area contributed by atoms with Gasteiger partial charge in [-0.15, -0.1) is 0 Å². The molecule has 0 saturated carbocycles. The van der Waals surface area contributed by atoms with Crippen LogP contribution in [0.15, 0.2) is 18.2 Å². The van der Waals surface area contributed by atoms with Gasteiger partial charge in [0.2, 0.25) is 0 Å². The Labute approximate surface area is 212 Å². The van der Waals surface area contributed by atoms with Gasteiger partial charge < -0.3 is 29.4 Å². The van der Waals surface area contributed by atoms with E-state index < -0.39 is 42.3 Å². The van der Waals surface area contributed by atoms with E-state index in [0.29, 0.717) is 18.4 Å². The number of benzene rings is 1. The van der Waals surface area contributed by atoms with Crippen LogP contribution in [0.1, 0.15) is 66.9 Å². The summed E-state index contributed by atoms with van der Waals surface area (Å²) in [5.41, 5.74) is 6.61. The summed E-state index contributed by atoms with van der Waals surface area (Å²) < 4.78 is 26.0. The van der Waals surface area contributed by atoms with Crippen LogP contribution in [0.5, 0.6) is 11.5 Å². The van der Waals surface area contributed by atoms with Gasteiger partial charge in [0.25, 0.3) is 0 Å². The smallest absolute Gasteiger partial charge is 0.458 e. The lowest BCUT2D eigenvalue weighted by Crippen LogP contribution is -2.39. The van der Waals surface area contributed by atoms with Crippen molar-refractivity contribution in [3.63, 3.8) is 0 Å². The Morgan fingerprint density at radius 1 is 0.778 bits per heavy atom. The van der Waals surface area contributed by atoms with Gasteiger partial charge in [-0.2, -0.15) is 0 Å². The molecule has 202 valence electrons. The third-order valence-corrected chi connectivity index (χ3v) is 5.72. The average Bonchev–Trinajstić information content (AvgIpc) is 2.84. The first-order valence-electron chi connectivity index (χ1n) is 12.3. The molecule has 10 heteroatoms. The minimum Gasteiger partial charge on any atom is -0.458 e. The van der Waals surface area contributed by atoms with Gasteiger partial charge in [-0.3, -0.25) is 14.4 Å². The van der Waals surface area contributed by atoms with Crippen molar-refractivity contribution in [2.24, 2.45) is 17.6 Å². The van der Waals surface area contributed by atoms with E-state index in [9.17, 15) is 19.2 Å². The predicted molar refractivity (Wildman–Crippen MR) is 131 cm³/mol. The maximum atomic E-state index is 12.5. The molecule has 0 amide bonds. The van der Waals surface area contributed by atoms with Gasteiger partial charge >= 0.3 is 24.1 Å². The molecule has 0 heterocycles. The molecule has 0 aliphatic heterocycles. The normalized spacial score (nSPS) is 15.0. The third kappa shape index (κ3) is 9.85. The van der Waals surface area contributed by atoms with Crippen LogP contribution in [0, 0.1) is 11.8 Å². The van der Waals surface area contributed by atoms with E-state index in [1.807, 2.05) is 13.8 Å². The van der Waals surface area contributed by atoms with Gasteiger partial charge in [0, 0.05) is 0 Å². The topological polar surface area (TPSA) is 140 Å². The van der Waals surface area contributed by atoms with E-state index >= 15 is 0 Å². The Balaban J connectivity index is 2.96. The van der Waals surface area contributed by atoms with Gasteiger partial charge in [-0.05, 0) is 57.7 Å². The van der Waals surface area contributed by atoms with E-state index in [1.54, 1.807) is 40.7 Å². The molecule has 5 atom stereocenters. The maximum absolute atomic E-state index is 12.5. The standard InChI is InChI=1S/C26H39NO9/c1-8-15(4)23(28)35-21-12-11-19(14-22(21)36-24(29)16(5)9-2)13-20(27)25(30)33-17(6)18(7)34-26(31)32-10-3/h11-12,14-18,20H,8-10,13,27H2,1-7H3/t15?,16?,17-,18?,20-/m0/s1. The highest BCUT2D eigenvalue weighted by atomic mass is 16.7. The fourth-order valence-electron chi connectivity index (χ4n) is 2.70. The van der Waals surface area contributed by atoms with Crippen molar-refractivity contribution in [3.05, 3.63) is 23.8 Å². The molecule has 1 aromatic carbocycles. The second-order valence-corrected chi connectivity index (χ2v) is 8.70. The molecule has 0 aromatic heterocycles. The summed E-state index contributed by atoms with van der Waals surface area (Å²) >= 11 is 0. The minimum atomic E-state index is -1.05. The Kier molecular flexibility index (Phi) is 12.9. The largest absolute Gasteiger partial charge is 0.508 e. The number of rotatable bonds is 13. The molecule has 3 unspecified atom stereocenters. The van der Waals surface area contributed by atoms with E-state index in [1.165, 1.54) is 12.1 Å². The van der Waals surface area contributed by atoms with Gasteiger partial charge in [-0.25, -0.2) is 4.79 Å². The highest BCUT2D eigenvalue weighted by Gasteiger charge is 2.26. The molecule has 10 nitrogen and oxygen atoms in total. The lowest BCUT2D eigenvalue weighted by Gasteiger charge is -2.22. The van der Waals surface area contributed by atoms with Crippen molar-refractivity contribution in [1.29, 1.82) is 0 Å². The van der Waals surface area contributed by atoms with Crippen molar-refractivity contribution in [1.82, 2.24) is 0 Å². The lowest BCUT2D eigenvalue weighted by molar-refractivity contribution is -0.155. The fraction of sp³-hybridized carbons (Fsp3) is 0.615. The van der Waals surface area contributed by atoms with Crippen LogP contribution in [-0.4, -0.2) is 48.9 Å². The van der Waals surface area contributed by atoms with Crippen molar-refractivity contribution < 1.29 is 42.9 Å². The SMILES string of the molecule is CCOC(=O)OC(C)[C@H](C)OC(=O)[C@@H](N)Cc1ccc(OC(=O)C(C)CC)c(OC(=O)C(C)CC)c1. The van der Waals surface area contributed by atoms with E-state index in [0.717, 1.165) is 0 Å². The zero-order valence-corrected chi connectivity index (χ0v) is 22.2. The first-order valence-corrected chi connectivity index (χ1v) is 12.3. The highest BCUT2D eigenvalue weighted by Crippen LogP contribution is 2.31. The molecule has 0 aliphatic rings. The van der Waals surface area contributed by atoms with Crippen LogP contribution >= 0.6 is 0 Å². The molecule has 2 N–H and O–H groups in total. The van der Waals surface area contributed by atoms with Crippen molar-refractivity contribution in [2.45, 2.75) is 86.0 Å². The Morgan fingerprint density at radius 3 is 1.83 bits per heavy atom. The average molecular weight is 510 g/mol. The van der Waals surface area contributed by atoms with Gasteiger partial charge in [-0.1, -0.05) is 33.8 Å². The number of esters is 3. The number of nitrogens with two attached hydrogens (primary N) is 1. The lowest BCUT2D eigenvalue weighted by atomic mass is 10.1. The first-order chi connectivity index (χ1) is 16.9. The molecular weight excluding hydrogens is 470 g/mol. The number of carbonyl (C=O) groups excluding carboxylic acids is 4. The molecule has 1 rings (SSSR count). The molecule has 1 aromatic rings. The number of hydrogen-bond acceptors (Lipinski definition) is 10. The van der Waals surface area contributed by atoms with Gasteiger partial charge in [0.1, 0.15) is 18.2 Å². The zero-order chi connectivity index (χ0) is 27.4. The summed E-state index contributed by atoms with van der Waals surface area (Å²) in [5, 5.41) is 0. The summed E-state index contributed by atoms with van der Waals surface area (Å²) in [6.07, 6.45) is -1.13. The third-order valence-electron chi connectivity index (χ3n) is 5.72. The molecule has 0 bridgehead atoms. The van der Waals surface area contributed by atoms with E-state index in [4.69, 9.17) is 29.4 Å². The summed E-state index contributed by atoms with van der Waals surface area (Å²) in [6, 6.07) is 3.60. The fourth-order valence-corrected chi connectivity index (χ4v) is 2.70. The zero-order valence-electron chi connectivity index (χ0n) is 22.2. The Morgan fingerprint density at radius 2 is 1.31 bits per heavy atom. The monoisotopic (exact) mass is 509 g/mol. The van der Waals surface area contributed by atoms with E-state index in [2.05, 4.69) is 0 Å². The van der Waals surface area contributed by atoms with Gasteiger partial charge in [0.05, 0.1) is 18.4 Å². The van der Waals surface area contributed by atoms with Crippen molar-refractivity contribution >= 4 is 24.1 Å². The highest BCUT2D eigenvalue weighted by molar-refractivity contribution is 5.79. The van der Waals surface area contributed by atoms with Crippen molar-refractivity contribution in [3.8, 4) is 11.5 Å². The van der Waals surface area contributed by atoms with Crippen LogP contribution in [0.25, 0.3) is 0 Å². The quantitative estimate of drug-likeness (QED) is 0.307. The molecule has 0 spiro atoms. The van der Waals surface area contributed by atoms with Crippen molar-refractivity contribution in [2.75, 3.05) is 6.61 Å². The molecule has 0 saturated heterocycles. The van der Waals surface area contributed by atoms with Crippen LogP contribution < -0.4 is 15.2 Å². The first kappa shape index (κ1) is 30.9. The molecule has 36 heavy (non-hydrogen) atoms. The van der Waals surface area contributed by atoms with Crippen LogP contribution in [0.4, 0.5) is 4.79 Å². The molecule has 0 fully saturated rings. The van der Waals surface area contributed by atoms with Gasteiger partial charge in [0.15, 0.2) is 11.5 Å². The summed E-state index contributed by atoms with van der Waals surface area (Å²) in [5.74, 6) is -2.13. The second kappa shape index (κ2) is 15.1. The molecule has 0 aliphatic carbocycles. The minimum absolute atomic E-state index is 0.0616.